The zero-order valence-corrected chi connectivity index (χ0v) is 16.6. The Kier molecular flexibility index (Phi) is 4.41. The van der Waals surface area contributed by atoms with Crippen molar-refractivity contribution in [3.05, 3.63) is 26.6 Å². The molecule has 2 aromatic heterocycles. The molecule has 140 valence electrons. The second-order valence-corrected chi connectivity index (χ2v) is 9.93. The van der Waals surface area contributed by atoms with E-state index in [9.17, 15) is 9.59 Å². The molecule has 2 aliphatic carbocycles. The van der Waals surface area contributed by atoms with E-state index >= 15 is 0 Å². The average Bonchev–Trinajstić information content (AvgIpc) is 3.28. The largest absolute Gasteiger partial charge is 0.353 e. The van der Waals surface area contributed by atoms with Gasteiger partial charge in [-0.3, -0.25) is 9.59 Å². The van der Waals surface area contributed by atoms with Crippen LogP contribution in [0, 0.1) is 11.3 Å². The Balaban J connectivity index is 1.56. The van der Waals surface area contributed by atoms with Gasteiger partial charge in [0.25, 0.3) is 5.56 Å². The summed E-state index contributed by atoms with van der Waals surface area (Å²) in [5, 5.41) is 3.76. The van der Waals surface area contributed by atoms with Gasteiger partial charge in [0.2, 0.25) is 5.91 Å². The molecule has 1 saturated carbocycles. The first-order valence-corrected chi connectivity index (χ1v) is 10.5. The summed E-state index contributed by atoms with van der Waals surface area (Å²) in [5.74, 6) is 1.32. The van der Waals surface area contributed by atoms with Crippen LogP contribution < -0.4 is 10.9 Å². The molecule has 0 spiro atoms. The predicted octanol–water partition coefficient (Wildman–Crippen LogP) is 3.35. The Morgan fingerprint density at radius 1 is 1.31 bits per heavy atom. The number of nitrogens with zero attached hydrogens (tertiary/aromatic N) is 1. The highest BCUT2D eigenvalue weighted by molar-refractivity contribution is 7.18. The summed E-state index contributed by atoms with van der Waals surface area (Å²) in [7, 11) is 0. The maximum absolute atomic E-state index is 12.7. The molecule has 5 nitrogen and oxygen atoms in total. The Labute approximate surface area is 157 Å². The van der Waals surface area contributed by atoms with Crippen LogP contribution in [-0.4, -0.2) is 21.9 Å². The van der Waals surface area contributed by atoms with Gasteiger partial charge in [0, 0.05) is 23.8 Å². The summed E-state index contributed by atoms with van der Waals surface area (Å²) in [4.78, 5) is 34.3. The number of fused-ring (bicyclic) bond motifs is 3. The molecule has 4 rings (SSSR count). The van der Waals surface area contributed by atoms with Crippen LogP contribution in [0.1, 0.15) is 62.7 Å². The number of aryl methyl sites for hydroxylation is 2. The number of carbonyl (C=O) groups excluding carboxylic acids is 1. The highest BCUT2D eigenvalue weighted by Crippen LogP contribution is 2.41. The molecule has 1 unspecified atom stereocenters. The molecule has 2 N–H and O–H groups in total. The summed E-state index contributed by atoms with van der Waals surface area (Å²) < 4.78 is 0. The number of H-pyrrole nitrogens is 1. The molecular weight excluding hydrogens is 346 g/mol. The number of nitrogens with one attached hydrogen (secondary N) is 2. The van der Waals surface area contributed by atoms with Gasteiger partial charge in [-0.1, -0.05) is 20.8 Å². The molecule has 6 heteroatoms. The van der Waals surface area contributed by atoms with Crippen molar-refractivity contribution in [2.45, 2.75) is 71.8 Å². The first kappa shape index (κ1) is 17.7. The van der Waals surface area contributed by atoms with Crippen LogP contribution in [0.2, 0.25) is 0 Å². The quantitative estimate of drug-likeness (QED) is 0.863. The van der Waals surface area contributed by atoms with Crippen molar-refractivity contribution in [1.29, 1.82) is 0 Å². The lowest BCUT2D eigenvalue weighted by Gasteiger charge is -2.33. The van der Waals surface area contributed by atoms with Gasteiger partial charge >= 0.3 is 0 Å². The lowest BCUT2D eigenvalue weighted by Crippen LogP contribution is -2.26. The van der Waals surface area contributed by atoms with Crippen molar-refractivity contribution < 1.29 is 4.79 Å². The summed E-state index contributed by atoms with van der Waals surface area (Å²) >= 11 is 1.67. The van der Waals surface area contributed by atoms with Crippen molar-refractivity contribution >= 4 is 27.5 Å². The van der Waals surface area contributed by atoms with Crippen LogP contribution in [-0.2, 0) is 24.1 Å². The van der Waals surface area contributed by atoms with Crippen LogP contribution >= 0.6 is 11.3 Å². The molecule has 0 bridgehead atoms. The lowest BCUT2D eigenvalue weighted by atomic mass is 9.72. The summed E-state index contributed by atoms with van der Waals surface area (Å²) in [5.41, 5.74) is 1.45. The van der Waals surface area contributed by atoms with Gasteiger partial charge in [0.15, 0.2) is 0 Å². The third-order valence-electron chi connectivity index (χ3n) is 5.72. The van der Waals surface area contributed by atoms with Crippen molar-refractivity contribution in [2.75, 3.05) is 0 Å². The predicted molar refractivity (Wildman–Crippen MR) is 105 cm³/mol. The minimum atomic E-state index is -0.0423. The normalized spacial score (nSPS) is 20.2. The second kappa shape index (κ2) is 6.48. The van der Waals surface area contributed by atoms with Gasteiger partial charge in [-0.15, -0.1) is 11.3 Å². The van der Waals surface area contributed by atoms with E-state index in [1.165, 1.54) is 10.4 Å². The molecule has 2 aliphatic rings. The topological polar surface area (TPSA) is 74.8 Å². The van der Waals surface area contributed by atoms with Crippen LogP contribution in [0.25, 0.3) is 10.2 Å². The Bertz CT molecular complexity index is 902. The van der Waals surface area contributed by atoms with Crippen LogP contribution in [0.3, 0.4) is 0 Å². The molecule has 1 atom stereocenters. The number of amides is 1. The van der Waals surface area contributed by atoms with Gasteiger partial charge in [-0.2, -0.15) is 0 Å². The second-order valence-electron chi connectivity index (χ2n) is 8.84. The molecular formula is C20H27N3O2S. The smallest absolute Gasteiger partial charge is 0.259 e. The first-order valence-electron chi connectivity index (χ1n) is 9.64. The summed E-state index contributed by atoms with van der Waals surface area (Å²) in [6, 6.07) is 0.372. The van der Waals surface area contributed by atoms with Gasteiger partial charge in [-0.05, 0) is 49.0 Å². The number of thiophene rings is 1. The molecule has 0 aromatic carbocycles. The SMILES string of the molecule is CC(C)(C)C1CCc2c(sc3nc(CCC(=O)NC4CC4)[nH]c(=O)c23)C1. The standard InChI is InChI=1S/C20H27N3O2S/c1-20(2,3)11-4-7-13-14(10-11)26-19-17(13)18(25)22-15(23-19)8-9-16(24)21-12-5-6-12/h11-12H,4-10H2,1-3H3,(H,21,24)(H,22,23,25). The van der Waals surface area contributed by atoms with Crippen molar-refractivity contribution in [3.63, 3.8) is 0 Å². The van der Waals surface area contributed by atoms with Crippen LogP contribution in [0.4, 0.5) is 0 Å². The fraction of sp³-hybridized carbons (Fsp3) is 0.650. The first-order chi connectivity index (χ1) is 12.3. The number of aromatic nitrogens is 2. The van der Waals surface area contributed by atoms with E-state index in [1.54, 1.807) is 11.3 Å². The van der Waals surface area contributed by atoms with E-state index in [-0.39, 0.29) is 16.9 Å². The number of carbonyl (C=O) groups is 1. The number of aromatic amines is 1. The van der Waals surface area contributed by atoms with E-state index in [1.807, 2.05) is 0 Å². The maximum atomic E-state index is 12.7. The minimum absolute atomic E-state index is 0.0423. The fourth-order valence-electron chi connectivity index (χ4n) is 3.85. The molecule has 0 aliphatic heterocycles. The van der Waals surface area contributed by atoms with Gasteiger partial charge in [-0.25, -0.2) is 4.98 Å². The monoisotopic (exact) mass is 373 g/mol. The van der Waals surface area contributed by atoms with Crippen molar-refractivity contribution in [3.8, 4) is 0 Å². The number of hydrogen-bond acceptors (Lipinski definition) is 4. The van der Waals surface area contributed by atoms with Crippen LogP contribution in [0.5, 0.6) is 0 Å². The third-order valence-corrected chi connectivity index (χ3v) is 6.87. The average molecular weight is 374 g/mol. The summed E-state index contributed by atoms with van der Waals surface area (Å²) in [6.45, 7) is 6.89. The Morgan fingerprint density at radius 2 is 2.08 bits per heavy atom. The zero-order valence-electron chi connectivity index (χ0n) is 15.8. The molecule has 2 heterocycles. The Morgan fingerprint density at radius 3 is 2.77 bits per heavy atom. The van der Waals surface area contributed by atoms with E-state index < -0.39 is 0 Å². The van der Waals surface area contributed by atoms with Gasteiger partial charge in [0.1, 0.15) is 10.7 Å². The molecule has 1 amide bonds. The number of hydrogen-bond donors (Lipinski definition) is 2. The van der Waals surface area contributed by atoms with Crippen molar-refractivity contribution in [1.82, 2.24) is 15.3 Å². The van der Waals surface area contributed by atoms with E-state index in [0.717, 1.165) is 42.3 Å². The lowest BCUT2D eigenvalue weighted by molar-refractivity contribution is -0.121. The highest BCUT2D eigenvalue weighted by atomic mass is 32.1. The number of rotatable bonds is 4. The Hall–Kier alpha value is -1.69. The zero-order chi connectivity index (χ0) is 18.5. The highest BCUT2D eigenvalue weighted by Gasteiger charge is 2.31. The van der Waals surface area contributed by atoms with E-state index in [4.69, 9.17) is 0 Å². The summed E-state index contributed by atoms with van der Waals surface area (Å²) in [6.07, 6.45) is 6.17. The van der Waals surface area contributed by atoms with Crippen LogP contribution in [0.15, 0.2) is 4.79 Å². The molecule has 26 heavy (non-hydrogen) atoms. The fourth-order valence-corrected chi connectivity index (χ4v) is 5.16. The van der Waals surface area contributed by atoms with E-state index in [0.29, 0.717) is 30.6 Å². The maximum Gasteiger partial charge on any atom is 0.259 e. The third kappa shape index (κ3) is 3.56. The van der Waals surface area contributed by atoms with Gasteiger partial charge in [0.05, 0.1) is 5.39 Å². The van der Waals surface area contributed by atoms with Gasteiger partial charge < -0.3 is 10.3 Å². The molecule has 0 radical (unpaired) electrons. The minimum Gasteiger partial charge on any atom is -0.353 e. The molecule has 2 aromatic rings. The van der Waals surface area contributed by atoms with Crippen molar-refractivity contribution in [2.24, 2.45) is 11.3 Å². The molecule has 0 saturated heterocycles. The van der Waals surface area contributed by atoms with E-state index in [2.05, 4.69) is 36.1 Å². The molecule has 1 fully saturated rings.